The van der Waals surface area contributed by atoms with Gasteiger partial charge >= 0.3 is 0 Å². The van der Waals surface area contributed by atoms with Crippen LogP contribution in [0.15, 0.2) is 48.2 Å². The zero-order chi connectivity index (χ0) is 14.9. The van der Waals surface area contributed by atoms with Crippen LogP contribution in [0.4, 0.5) is 0 Å². The van der Waals surface area contributed by atoms with Crippen molar-refractivity contribution in [1.82, 2.24) is 5.32 Å². The Balaban J connectivity index is 1.82. The van der Waals surface area contributed by atoms with Crippen molar-refractivity contribution in [3.8, 4) is 5.75 Å². The standard InChI is InChI=1S/C17H21NO3/c1-20-11-12-21-16-9-7-14(8-10-16)17(19)13-18-15-5-3-2-4-6-15/h3,5-10,18H,2,4,11-13H2,1H3. The highest BCUT2D eigenvalue weighted by atomic mass is 16.5. The molecule has 0 aliphatic heterocycles. The summed E-state index contributed by atoms with van der Waals surface area (Å²) in [6, 6.07) is 7.19. The van der Waals surface area contributed by atoms with Crippen LogP contribution in [0, 0.1) is 0 Å². The van der Waals surface area contributed by atoms with Crippen molar-refractivity contribution in [3.63, 3.8) is 0 Å². The van der Waals surface area contributed by atoms with E-state index in [0.29, 0.717) is 25.3 Å². The van der Waals surface area contributed by atoms with Crippen molar-refractivity contribution in [3.05, 3.63) is 53.8 Å². The Bertz CT molecular complexity index is 517. The molecule has 0 heterocycles. The molecular formula is C17H21NO3. The van der Waals surface area contributed by atoms with Gasteiger partial charge in [0.25, 0.3) is 0 Å². The van der Waals surface area contributed by atoms with E-state index < -0.39 is 0 Å². The number of rotatable bonds is 8. The molecule has 0 bridgehead atoms. The van der Waals surface area contributed by atoms with Crippen LogP contribution in [-0.2, 0) is 4.74 Å². The Morgan fingerprint density at radius 2 is 2.00 bits per heavy atom. The van der Waals surface area contributed by atoms with Crippen LogP contribution in [-0.4, -0.2) is 32.7 Å². The lowest BCUT2D eigenvalue weighted by atomic mass is 10.1. The van der Waals surface area contributed by atoms with Gasteiger partial charge in [0, 0.05) is 18.4 Å². The number of benzene rings is 1. The van der Waals surface area contributed by atoms with Crippen molar-refractivity contribution < 1.29 is 14.3 Å². The average molecular weight is 287 g/mol. The fourth-order valence-corrected chi connectivity index (χ4v) is 2.01. The summed E-state index contributed by atoms with van der Waals surface area (Å²) in [4.78, 5) is 12.1. The van der Waals surface area contributed by atoms with Crippen LogP contribution >= 0.6 is 0 Å². The Hall–Kier alpha value is -2.07. The molecule has 0 amide bonds. The SMILES string of the molecule is COCCOc1ccc(C(=O)CNC2=CCCC=C2)cc1. The number of carbonyl (C=O) groups is 1. The summed E-state index contributed by atoms with van der Waals surface area (Å²) in [6.45, 7) is 1.36. The second kappa shape index (κ2) is 8.27. The van der Waals surface area contributed by atoms with Crippen LogP contribution in [0.3, 0.4) is 0 Å². The first-order valence-corrected chi connectivity index (χ1v) is 7.15. The van der Waals surface area contributed by atoms with Crippen molar-refractivity contribution in [2.24, 2.45) is 0 Å². The molecule has 1 aliphatic rings. The summed E-state index contributed by atoms with van der Waals surface area (Å²) >= 11 is 0. The molecule has 4 nitrogen and oxygen atoms in total. The third-order valence-electron chi connectivity index (χ3n) is 3.18. The number of methoxy groups -OCH3 is 1. The second-order valence-electron chi connectivity index (χ2n) is 4.78. The number of carbonyl (C=O) groups excluding carboxylic acids is 1. The van der Waals surface area contributed by atoms with Gasteiger partial charge in [-0.05, 0) is 43.2 Å². The van der Waals surface area contributed by atoms with E-state index in [0.717, 1.165) is 24.3 Å². The van der Waals surface area contributed by atoms with Crippen LogP contribution in [0.5, 0.6) is 5.75 Å². The minimum Gasteiger partial charge on any atom is -0.491 e. The molecule has 0 spiro atoms. The van der Waals surface area contributed by atoms with Crippen LogP contribution < -0.4 is 10.1 Å². The molecule has 112 valence electrons. The minimum absolute atomic E-state index is 0.0679. The quantitative estimate of drug-likeness (QED) is 0.590. The molecule has 1 aromatic carbocycles. The first kappa shape index (κ1) is 15.3. The summed E-state index contributed by atoms with van der Waals surface area (Å²) < 4.78 is 10.4. The fourth-order valence-electron chi connectivity index (χ4n) is 2.01. The van der Waals surface area contributed by atoms with Crippen molar-refractivity contribution in [2.75, 3.05) is 26.9 Å². The van der Waals surface area contributed by atoms with Gasteiger partial charge < -0.3 is 14.8 Å². The zero-order valence-electron chi connectivity index (χ0n) is 12.3. The smallest absolute Gasteiger partial charge is 0.181 e. The first-order chi connectivity index (χ1) is 10.3. The molecule has 21 heavy (non-hydrogen) atoms. The van der Waals surface area contributed by atoms with Gasteiger partial charge in [-0.2, -0.15) is 0 Å². The van der Waals surface area contributed by atoms with Crippen LogP contribution in [0.1, 0.15) is 23.2 Å². The maximum absolute atomic E-state index is 12.1. The topological polar surface area (TPSA) is 47.6 Å². The fraction of sp³-hybridized carbons (Fsp3) is 0.353. The highest BCUT2D eigenvalue weighted by molar-refractivity contribution is 5.97. The lowest BCUT2D eigenvalue weighted by Crippen LogP contribution is -2.22. The van der Waals surface area contributed by atoms with Gasteiger partial charge in [-0.15, -0.1) is 0 Å². The number of hydrogen-bond donors (Lipinski definition) is 1. The lowest BCUT2D eigenvalue weighted by Gasteiger charge is -2.10. The first-order valence-electron chi connectivity index (χ1n) is 7.15. The Kier molecular flexibility index (Phi) is 6.03. The predicted octanol–water partition coefficient (Wildman–Crippen LogP) is 2.72. The van der Waals surface area contributed by atoms with Crippen molar-refractivity contribution in [1.29, 1.82) is 0 Å². The van der Waals surface area contributed by atoms with E-state index in [1.807, 2.05) is 18.2 Å². The maximum Gasteiger partial charge on any atom is 0.181 e. The van der Waals surface area contributed by atoms with Gasteiger partial charge in [0.1, 0.15) is 12.4 Å². The Morgan fingerprint density at radius 3 is 2.67 bits per heavy atom. The average Bonchev–Trinajstić information content (AvgIpc) is 2.54. The van der Waals surface area contributed by atoms with Gasteiger partial charge in [-0.25, -0.2) is 0 Å². The molecule has 1 N–H and O–H groups in total. The molecule has 1 aromatic rings. The number of ether oxygens (including phenoxy) is 2. The Morgan fingerprint density at radius 1 is 1.19 bits per heavy atom. The van der Waals surface area contributed by atoms with Crippen molar-refractivity contribution >= 4 is 5.78 Å². The van der Waals surface area contributed by atoms with Gasteiger partial charge in [0.2, 0.25) is 0 Å². The third kappa shape index (κ3) is 5.08. The van der Waals surface area contributed by atoms with E-state index in [1.165, 1.54) is 0 Å². The molecule has 1 aliphatic carbocycles. The zero-order valence-corrected chi connectivity index (χ0v) is 12.3. The van der Waals surface area contributed by atoms with E-state index in [2.05, 4.69) is 17.5 Å². The van der Waals surface area contributed by atoms with E-state index in [1.54, 1.807) is 19.2 Å². The minimum atomic E-state index is 0.0679. The Labute approximate surface area is 125 Å². The third-order valence-corrected chi connectivity index (χ3v) is 3.18. The summed E-state index contributed by atoms with van der Waals surface area (Å²) in [5.41, 5.74) is 1.70. The van der Waals surface area contributed by atoms with E-state index >= 15 is 0 Å². The molecular weight excluding hydrogens is 266 g/mol. The highest BCUT2D eigenvalue weighted by Crippen LogP contribution is 2.13. The number of hydrogen-bond acceptors (Lipinski definition) is 4. The molecule has 0 fully saturated rings. The number of allylic oxidation sites excluding steroid dienone is 3. The van der Waals surface area contributed by atoms with Gasteiger partial charge in [-0.1, -0.05) is 12.2 Å². The van der Waals surface area contributed by atoms with Crippen molar-refractivity contribution in [2.45, 2.75) is 12.8 Å². The lowest BCUT2D eigenvalue weighted by molar-refractivity contribution is 0.0994. The van der Waals surface area contributed by atoms with Crippen LogP contribution in [0.25, 0.3) is 0 Å². The van der Waals surface area contributed by atoms with Gasteiger partial charge in [0.05, 0.1) is 13.2 Å². The summed E-state index contributed by atoms with van der Waals surface area (Å²) in [5, 5.41) is 3.15. The summed E-state index contributed by atoms with van der Waals surface area (Å²) in [6.07, 6.45) is 8.34. The molecule has 0 aromatic heterocycles. The molecule has 0 saturated heterocycles. The summed E-state index contributed by atoms with van der Waals surface area (Å²) in [5.74, 6) is 0.813. The summed E-state index contributed by atoms with van der Waals surface area (Å²) in [7, 11) is 1.63. The molecule has 0 atom stereocenters. The highest BCUT2D eigenvalue weighted by Gasteiger charge is 2.06. The van der Waals surface area contributed by atoms with E-state index in [-0.39, 0.29) is 5.78 Å². The number of ketones is 1. The van der Waals surface area contributed by atoms with Gasteiger partial charge in [-0.3, -0.25) is 4.79 Å². The van der Waals surface area contributed by atoms with Gasteiger partial charge in [0.15, 0.2) is 5.78 Å². The molecule has 2 rings (SSSR count). The molecule has 0 radical (unpaired) electrons. The van der Waals surface area contributed by atoms with E-state index in [4.69, 9.17) is 9.47 Å². The predicted molar refractivity (Wildman–Crippen MR) is 82.6 cm³/mol. The van der Waals surface area contributed by atoms with Crippen LogP contribution in [0.2, 0.25) is 0 Å². The molecule has 0 unspecified atom stereocenters. The monoisotopic (exact) mass is 287 g/mol. The normalized spacial score (nSPS) is 13.7. The second-order valence-corrected chi connectivity index (χ2v) is 4.78. The number of Topliss-reactive ketones (excluding diaryl/α,β-unsaturated/α-hetero) is 1. The molecule has 0 saturated carbocycles. The largest absolute Gasteiger partial charge is 0.491 e. The maximum atomic E-state index is 12.1. The molecule has 4 heteroatoms. The number of nitrogens with one attached hydrogen (secondary N) is 1. The van der Waals surface area contributed by atoms with E-state index in [9.17, 15) is 4.79 Å².